The highest BCUT2D eigenvalue weighted by Gasteiger charge is 2.22. The van der Waals surface area contributed by atoms with Gasteiger partial charge in [0.25, 0.3) is 5.91 Å². The summed E-state index contributed by atoms with van der Waals surface area (Å²) in [6.45, 7) is 10.0. The molecular weight excluding hydrogens is 266 g/mol. The summed E-state index contributed by atoms with van der Waals surface area (Å²) in [6.07, 6.45) is 2.05. The molecule has 1 amide bonds. The van der Waals surface area contributed by atoms with Gasteiger partial charge in [0.1, 0.15) is 5.69 Å². The molecule has 1 aromatic heterocycles. The van der Waals surface area contributed by atoms with E-state index < -0.39 is 0 Å². The summed E-state index contributed by atoms with van der Waals surface area (Å²) in [5.41, 5.74) is 7.19. The Morgan fingerprint density at radius 3 is 2.86 bits per heavy atom. The van der Waals surface area contributed by atoms with E-state index in [1.165, 1.54) is 0 Å². The minimum Gasteiger partial charge on any atom is -0.336 e. The fraction of sp³-hybridized carbons (Fsp3) is 0.733. The fourth-order valence-electron chi connectivity index (χ4n) is 2.83. The zero-order valence-electron chi connectivity index (χ0n) is 13.2. The second-order valence-corrected chi connectivity index (χ2v) is 5.62. The van der Waals surface area contributed by atoms with Gasteiger partial charge in [-0.1, -0.05) is 0 Å². The monoisotopic (exact) mass is 293 g/mol. The van der Waals surface area contributed by atoms with E-state index in [9.17, 15) is 4.79 Å². The first-order valence-corrected chi connectivity index (χ1v) is 7.92. The van der Waals surface area contributed by atoms with Crippen LogP contribution in [0.15, 0.2) is 6.07 Å². The Kier molecular flexibility index (Phi) is 5.76. The van der Waals surface area contributed by atoms with Crippen molar-refractivity contribution in [3.63, 3.8) is 0 Å². The molecule has 0 saturated carbocycles. The van der Waals surface area contributed by atoms with E-state index in [-0.39, 0.29) is 5.91 Å². The number of carbonyl (C=O) groups excluding carboxylic acids is 1. The maximum Gasteiger partial charge on any atom is 0.272 e. The molecule has 2 N–H and O–H groups in total. The van der Waals surface area contributed by atoms with Crippen LogP contribution >= 0.6 is 0 Å². The molecule has 2 heterocycles. The third kappa shape index (κ3) is 4.04. The smallest absolute Gasteiger partial charge is 0.272 e. The molecule has 1 fully saturated rings. The van der Waals surface area contributed by atoms with Crippen molar-refractivity contribution in [2.45, 2.75) is 33.2 Å². The van der Waals surface area contributed by atoms with Gasteiger partial charge in [0.05, 0.1) is 5.69 Å². The van der Waals surface area contributed by atoms with Crippen LogP contribution in [0.3, 0.4) is 0 Å². The van der Waals surface area contributed by atoms with Crippen molar-refractivity contribution in [3.05, 3.63) is 17.5 Å². The lowest BCUT2D eigenvalue weighted by Crippen LogP contribution is -2.36. The summed E-state index contributed by atoms with van der Waals surface area (Å²) >= 11 is 0. The summed E-state index contributed by atoms with van der Waals surface area (Å²) in [5, 5.41) is 4.37. The Hall–Kier alpha value is -1.40. The maximum atomic E-state index is 12.7. The number of nitrogens with two attached hydrogens (primary N) is 1. The zero-order chi connectivity index (χ0) is 15.2. The first-order valence-electron chi connectivity index (χ1n) is 7.92. The molecule has 0 aliphatic carbocycles. The van der Waals surface area contributed by atoms with E-state index in [2.05, 4.69) is 10.00 Å². The SMILES string of the molecule is CCn1nc(C)cc1C(=O)N1CCCN(CCCN)CC1. The van der Waals surface area contributed by atoms with Gasteiger partial charge < -0.3 is 15.5 Å². The van der Waals surface area contributed by atoms with Gasteiger partial charge >= 0.3 is 0 Å². The molecule has 0 atom stereocenters. The van der Waals surface area contributed by atoms with E-state index in [0.717, 1.165) is 64.3 Å². The fourth-order valence-corrected chi connectivity index (χ4v) is 2.83. The van der Waals surface area contributed by atoms with Crippen molar-refractivity contribution in [1.82, 2.24) is 19.6 Å². The normalized spacial score (nSPS) is 17.0. The Labute approximate surface area is 126 Å². The van der Waals surface area contributed by atoms with Gasteiger partial charge in [-0.25, -0.2) is 0 Å². The van der Waals surface area contributed by atoms with Gasteiger partial charge in [-0.05, 0) is 52.4 Å². The highest BCUT2D eigenvalue weighted by Crippen LogP contribution is 2.11. The van der Waals surface area contributed by atoms with Crippen molar-refractivity contribution in [2.24, 2.45) is 5.73 Å². The quantitative estimate of drug-likeness (QED) is 0.868. The number of nitrogens with zero attached hydrogens (tertiary/aromatic N) is 4. The molecule has 0 spiro atoms. The van der Waals surface area contributed by atoms with E-state index in [4.69, 9.17) is 5.73 Å². The molecule has 1 aliphatic rings. The van der Waals surface area contributed by atoms with Crippen molar-refractivity contribution in [3.8, 4) is 0 Å². The average molecular weight is 293 g/mol. The van der Waals surface area contributed by atoms with Crippen LogP contribution in [-0.2, 0) is 6.54 Å². The molecule has 6 heteroatoms. The third-order valence-corrected chi connectivity index (χ3v) is 3.97. The first-order chi connectivity index (χ1) is 10.2. The van der Waals surface area contributed by atoms with Crippen molar-refractivity contribution in [1.29, 1.82) is 0 Å². The van der Waals surface area contributed by atoms with Crippen LogP contribution in [0.1, 0.15) is 35.9 Å². The standard InChI is InChI=1S/C15H27N5O/c1-3-20-14(12-13(2)17-20)15(21)19-9-5-8-18(10-11-19)7-4-6-16/h12H,3-11,16H2,1-2H3. The second kappa shape index (κ2) is 7.56. The van der Waals surface area contributed by atoms with Gasteiger partial charge in [0.15, 0.2) is 0 Å². The number of carbonyl (C=O) groups is 1. The van der Waals surface area contributed by atoms with Crippen LogP contribution in [0.25, 0.3) is 0 Å². The molecular formula is C15H27N5O. The summed E-state index contributed by atoms with van der Waals surface area (Å²) in [4.78, 5) is 17.1. The van der Waals surface area contributed by atoms with Crippen LogP contribution in [0.4, 0.5) is 0 Å². The Morgan fingerprint density at radius 1 is 1.33 bits per heavy atom. The van der Waals surface area contributed by atoms with Gasteiger partial charge in [-0.15, -0.1) is 0 Å². The van der Waals surface area contributed by atoms with E-state index in [1.807, 2.05) is 24.8 Å². The largest absolute Gasteiger partial charge is 0.336 e. The van der Waals surface area contributed by atoms with E-state index >= 15 is 0 Å². The van der Waals surface area contributed by atoms with Gasteiger partial charge in [0.2, 0.25) is 0 Å². The number of hydrogen-bond acceptors (Lipinski definition) is 4. The maximum absolute atomic E-state index is 12.7. The number of hydrogen-bond donors (Lipinski definition) is 1. The molecule has 6 nitrogen and oxygen atoms in total. The molecule has 0 unspecified atom stereocenters. The number of rotatable bonds is 5. The number of aryl methyl sites for hydroxylation is 2. The van der Waals surface area contributed by atoms with Crippen molar-refractivity contribution in [2.75, 3.05) is 39.3 Å². The van der Waals surface area contributed by atoms with Crippen molar-refractivity contribution < 1.29 is 4.79 Å². The van der Waals surface area contributed by atoms with Crippen molar-refractivity contribution >= 4 is 5.91 Å². The lowest BCUT2D eigenvalue weighted by atomic mass is 10.3. The van der Waals surface area contributed by atoms with Crippen LogP contribution < -0.4 is 5.73 Å². The average Bonchev–Trinajstić information content (AvgIpc) is 2.71. The molecule has 1 aliphatic heterocycles. The number of amides is 1. The van der Waals surface area contributed by atoms with E-state index in [1.54, 1.807) is 4.68 Å². The third-order valence-electron chi connectivity index (χ3n) is 3.97. The highest BCUT2D eigenvalue weighted by atomic mass is 16.2. The Bertz CT molecular complexity index is 471. The van der Waals surface area contributed by atoms with Crippen LogP contribution in [0.2, 0.25) is 0 Å². The molecule has 118 valence electrons. The van der Waals surface area contributed by atoms with Crippen LogP contribution in [0, 0.1) is 6.92 Å². The highest BCUT2D eigenvalue weighted by molar-refractivity contribution is 5.92. The molecule has 1 saturated heterocycles. The summed E-state index contributed by atoms with van der Waals surface area (Å²) in [5.74, 6) is 0.109. The van der Waals surface area contributed by atoms with Gasteiger partial charge in [-0.3, -0.25) is 9.48 Å². The minimum atomic E-state index is 0.109. The van der Waals surface area contributed by atoms with Crippen LogP contribution in [0.5, 0.6) is 0 Å². The van der Waals surface area contributed by atoms with E-state index in [0.29, 0.717) is 5.69 Å². The van der Waals surface area contributed by atoms with Gasteiger partial charge in [0, 0.05) is 26.2 Å². The first kappa shape index (κ1) is 16.0. The molecule has 0 radical (unpaired) electrons. The summed E-state index contributed by atoms with van der Waals surface area (Å²) < 4.78 is 1.80. The molecule has 0 bridgehead atoms. The zero-order valence-corrected chi connectivity index (χ0v) is 13.2. The summed E-state index contributed by atoms with van der Waals surface area (Å²) in [6, 6.07) is 1.89. The molecule has 1 aromatic rings. The molecule has 0 aromatic carbocycles. The lowest BCUT2D eigenvalue weighted by molar-refractivity contribution is 0.0749. The predicted octanol–water partition coefficient (Wildman–Crippen LogP) is 0.708. The number of aromatic nitrogens is 2. The predicted molar refractivity (Wildman–Crippen MR) is 83.3 cm³/mol. The molecule has 2 rings (SSSR count). The molecule has 21 heavy (non-hydrogen) atoms. The second-order valence-electron chi connectivity index (χ2n) is 5.62. The Balaban J connectivity index is 1.99. The summed E-state index contributed by atoms with van der Waals surface area (Å²) in [7, 11) is 0. The minimum absolute atomic E-state index is 0.109. The lowest BCUT2D eigenvalue weighted by Gasteiger charge is -2.22. The topological polar surface area (TPSA) is 67.4 Å². The van der Waals surface area contributed by atoms with Gasteiger partial charge in [-0.2, -0.15) is 5.10 Å². The Morgan fingerprint density at radius 2 is 2.14 bits per heavy atom. The van der Waals surface area contributed by atoms with Crippen LogP contribution in [-0.4, -0.2) is 64.8 Å².